The van der Waals surface area contributed by atoms with Crippen LogP contribution < -0.4 is 10.1 Å². The van der Waals surface area contributed by atoms with Crippen molar-refractivity contribution in [3.05, 3.63) is 66.9 Å². The van der Waals surface area contributed by atoms with Gasteiger partial charge in [-0.3, -0.25) is 19.7 Å². The number of carbonyl (C=O) groups is 1. The van der Waals surface area contributed by atoms with E-state index in [-0.39, 0.29) is 12.0 Å². The highest BCUT2D eigenvalue weighted by atomic mass is 32.2. The second kappa shape index (κ2) is 8.18. The largest absolute Gasteiger partial charge is 0.487 e. The molecule has 1 atom stereocenters. The van der Waals surface area contributed by atoms with Gasteiger partial charge in [0.15, 0.2) is 0 Å². The smallest absolute Gasteiger partial charge is 0.230 e. The molecule has 27 heavy (non-hydrogen) atoms. The molecular formula is C20H18N4O2S. The molecule has 1 aliphatic heterocycles. The molecule has 0 radical (unpaired) electrons. The van der Waals surface area contributed by atoms with Crippen LogP contribution in [0.3, 0.4) is 0 Å². The molecule has 4 rings (SSSR count). The lowest BCUT2D eigenvalue weighted by Gasteiger charge is -2.13. The molecule has 1 amide bonds. The molecule has 7 heteroatoms. The van der Waals surface area contributed by atoms with Gasteiger partial charge < -0.3 is 10.1 Å². The summed E-state index contributed by atoms with van der Waals surface area (Å²) in [6.45, 7) is 0.477. The topological polar surface area (TPSA) is 77.0 Å². The highest BCUT2D eigenvalue weighted by Crippen LogP contribution is 2.37. The van der Waals surface area contributed by atoms with Crippen molar-refractivity contribution in [3.8, 4) is 17.0 Å². The van der Waals surface area contributed by atoms with E-state index in [9.17, 15) is 4.79 Å². The van der Waals surface area contributed by atoms with Gasteiger partial charge in [-0.25, -0.2) is 0 Å². The molecule has 1 N–H and O–H groups in total. The summed E-state index contributed by atoms with van der Waals surface area (Å²) < 4.78 is 6.11. The monoisotopic (exact) mass is 378 g/mol. The van der Waals surface area contributed by atoms with E-state index in [1.807, 2.05) is 24.3 Å². The second-order valence-electron chi connectivity index (χ2n) is 6.10. The zero-order valence-electron chi connectivity index (χ0n) is 14.5. The minimum Gasteiger partial charge on any atom is -0.487 e. The van der Waals surface area contributed by atoms with Crippen LogP contribution in [-0.4, -0.2) is 39.3 Å². The standard InChI is InChI=1S/C20H18N4O2S/c25-19(13-27-16-4-6-21-7-5-16)24-11-15-10-14-2-1-3-17(20(14)26-15)18-12-22-8-9-23-18/h1-9,12,15H,10-11,13H2,(H,24,25)/t15-/m1/s1. The molecule has 3 heterocycles. The Morgan fingerprint density at radius 3 is 2.85 bits per heavy atom. The maximum atomic E-state index is 12.1. The first-order valence-electron chi connectivity index (χ1n) is 8.64. The Kier molecular flexibility index (Phi) is 5.29. The van der Waals surface area contributed by atoms with Crippen LogP contribution in [0, 0.1) is 0 Å². The summed E-state index contributed by atoms with van der Waals surface area (Å²) in [4.78, 5) is 25.6. The van der Waals surface area contributed by atoms with Crippen LogP contribution in [0.15, 0.2) is 66.2 Å². The van der Waals surface area contributed by atoms with Gasteiger partial charge in [0.25, 0.3) is 0 Å². The number of para-hydroxylation sites is 1. The zero-order chi connectivity index (χ0) is 18.5. The lowest BCUT2D eigenvalue weighted by Crippen LogP contribution is -2.35. The predicted molar refractivity (Wildman–Crippen MR) is 104 cm³/mol. The number of aromatic nitrogens is 3. The first-order valence-corrected chi connectivity index (χ1v) is 9.62. The number of nitrogens with zero attached hydrogens (tertiary/aromatic N) is 3. The van der Waals surface area contributed by atoms with Crippen molar-refractivity contribution in [2.45, 2.75) is 17.4 Å². The van der Waals surface area contributed by atoms with Gasteiger partial charge in [-0.05, 0) is 23.8 Å². The minimum atomic E-state index is -0.0762. The Labute approximate surface area is 161 Å². The molecule has 3 aromatic rings. The van der Waals surface area contributed by atoms with Gasteiger partial charge in [-0.15, -0.1) is 11.8 Å². The molecule has 0 unspecified atom stereocenters. The molecule has 0 fully saturated rings. The summed E-state index contributed by atoms with van der Waals surface area (Å²) in [7, 11) is 0. The van der Waals surface area contributed by atoms with Crippen LogP contribution in [0.5, 0.6) is 5.75 Å². The van der Waals surface area contributed by atoms with Crippen molar-refractivity contribution in [2.75, 3.05) is 12.3 Å². The molecule has 1 aromatic carbocycles. The summed E-state index contributed by atoms with van der Waals surface area (Å²) >= 11 is 1.49. The fourth-order valence-electron chi connectivity index (χ4n) is 2.95. The third-order valence-corrected chi connectivity index (χ3v) is 5.23. The molecule has 0 aliphatic carbocycles. The van der Waals surface area contributed by atoms with E-state index in [1.165, 1.54) is 11.8 Å². The molecule has 2 aromatic heterocycles. The van der Waals surface area contributed by atoms with Gasteiger partial charge >= 0.3 is 0 Å². The normalized spacial score (nSPS) is 15.0. The summed E-state index contributed by atoms with van der Waals surface area (Å²) in [6.07, 6.45) is 9.17. The fraction of sp³-hybridized carbons (Fsp3) is 0.200. The van der Waals surface area contributed by atoms with Crippen LogP contribution in [0.1, 0.15) is 5.56 Å². The highest BCUT2D eigenvalue weighted by Gasteiger charge is 2.26. The van der Waals surface area contributed by atoms with Crippen LogP contribution in [0.25, 0.3) is 11.3 Å². The number of hydrogen-bond acceptors (Lipinski definition) is 6. The van der Waals surface area contributed by atoms with Crippen molar-refractivity contribution >= 4 is 17.7 Å². The van der Waals surface area contributed by atoms with Gasteiger partial charge in [0.1, 0.15) is 11.9 Å². The van der Waals surface area contributed by atoms with Gasteiger partial charge in [-0.1, -0.05) is 12.1 Å². The molecule has 0 spiro atoms. The van der Waals surface area contributed by atoms with Gasteiger partial charge in [0.2, 0.25) is 5.91 Å². The molecule has 0 bridgehead atoms. The predicted octanol–water partition coefficient (Wildman–Crippen LogP) is 2.75. The van der Waals surface area contributed by atoms with Gasteiger partial charge in [0, 0.05) is 41.7 Å². The number of amides is 1. The molecular weight excluding hydrogens is 360 g/mol. The van der Waals surface area contributed by atoms with Gasteiger partial charge in [-0.2, -0.15) is 0 Å². The quantitative estimate of drug-likeness (QED) is 0.665. The maximum Gasteiger partial charge on any atom is 0.230 e. The first kappa shape index (κ1) is 17.5. The summed E-state index contributed by atoms with van der Waals surface area (Å²) in [5, 5.41) is 2.96. The van der Waals surface area contributed by atoms with E-state index in [0.29, 0.717) is 12.3 Å². The Morgan fingerprint density at radius 2 is 2.04 bits per heavy atom. The lowest BCUT2D eigenvalue weighted by molar-refractivity contribution is -0.118. The number of pyridine rings is 1. The van der Waals surface area contributed by atoms with Crippen LogP contribution >= 0.6 is 11.8 Å². The van der Waals surface area contributed by atoms with E-state index < -0.39 is 0 Å². The summed E-state index contributed by atoms with van der Waals surface area (Å²) in [5.74, 6) is 1.20. The summed E-state index contributed by atoms with van der Waals surface area (Å²) in [5.41, 5.74) is 2.85. The number of ether oxygens (including phenoxy) is 1. The minimum absolute atomic E-state index is 0.00878. The third kappa shape index (κ3) is 4.25. The SMILES string of the molecule is O=C(CSc1ccncc1)NC[C@H]1Cc2cccc(-c3cnccn3)c2O1. The molecule has 0 saturated carbocycles. The Morgan fingerprint density at radius 1 is 1.15 bits per heavy atom. The highest BCUT2D eigenvalue weighted by molar-refractivity contribution is 8.00. The Balaban J connectivity index is 1.33. The van der Waals surface area contributed by atoms with E-state index in [0.717, 1.165) is 33.9 Å². The van der Waals surface area contributed by atoms with Crippen molar-refractivity contribution in [2.24, 2.45) is 0 Å². The Bertz CT molecular complexity index is 922. The fourth-order valence-corrected chi connectivity index (χ4v) is 3.67. The average Bonchev–Trinajstić information content (AvgIpc) is 3.15. The van der Waals surface area contributed by atoms with Crippen LogP contribution in [-0.2, 0) is 11.2 Å². The first-order chi connectivity index (χ1) is 13.3. The van der Waals surface area contributed by atoms with E-state index in [2.05, 4.69) is 26.3 Å². The van der Waals surface area contributed by atoms with Crippen molar-refractivity contribution in [1.29, 1.82) is 0 Å². The van der Waals surface area contributed by atoms with Crippen LogP contribution in [0.4, 0.5) is 0 Å². The molecule has 0 saturated heterocycles. The van der Waals surface area contributed by atoms with E-state index >= 15 is 0 Å². The second-order valence-corrected chi connectivity index (χ2v) is 7.15. The number of nitrogens with one attached hydrogen (secondary N) is 1. The number of benzene rings is 1. The zero-order valence-corrected chi connectivity index (χ0v) is 15.4. The average molecular weight is 378 g/mol. The lowest BCUT2D eigenvalue weighted by atomic mass is 10.0. The number of fused-ring (bicyclic) bond motifs is 1. The third-order valence-electron chi connectivity index (χ3n) is 4.21. The van der Waals surface area contributed by atoms with E-state index in [1.54, 1.807) is 31.0 Å². The van der Waals surface area contributed by atoms with Crippen molar-refractivity contribution < 1.29 is 9.53 Å². The number of rotatable bonds is 6. The van der Waals surface area contributed by atoms with Crippen molar-refractivity contribution in [1.82, 2.24) is 20.3 Å². The number of carbonyl (C=O) groups excluding carboxylic acids is 1. The van der Waals surface area contributed by atoms with Crippen molar-refractivity contribution in [3.63, 3.8) is 0 Å². The number of hydrogen-bond donors (Lipinski definition) is 1. The van der Waals surface area contributed by atoms with E-state index in [4.69, 9.17) is 4.74 Å². The molecule has 136 valence electrons. The maximum absolute atomic E-state index is 12.1. The molecule has 1 aliphatic rings. The van der Waals surface area contributed by atoms with Crippen LogP contribution in [0.2, 0.25) is 0 Å². The summed E-state index contributed by atoms with van der Waals surface area (Å²) in [6, 6.07) is 9.81. The number of thioether (sulfide) groups is 1. The Hall–Kier alpha value is -2.93. The van der Waals surface area contributed by atoms with Gasteiger partial charge in [0.05, 0.1) is 24.2 Å². The molecule has 6 nitrogen and oxygen atoms in total.